The highest BCUT2D eigenvalue weighted by atomic mass is 35.5. The zero-order valence-corrected chi connectivity index (χ0v) is 19.2. The molecule has 0 bridgehead atoms. The Kier molecular flexibility index (Phi) is 7.85. The number of aryl methyl sites for hydroxylation is 1. The average molecular weight is 444 g/mol. The Labute approximate surface area is 189 Å². The van der Waals surface area contributed by atoms with Crippen LogP contribution < -0.4 is 4.90 Å². The summed E-state index contributed by atoms with van der Waals surface area (Å²) in [6.07, 6.45) is 3.39. The molecule has 7 nitrogen and oxygen atoms in total. The second-order valence-electron chi connectivity index (χ2n) is 8.29. The molecule has 166 valence electrons. The van der Waals surface area contributed by atoms with E-state index < -0.39 is 0 Å². The molecule has 0 N–H and O–H groups in total. The van der Waals surface area contributed by atoms with Gasteiger partial charge in [0.2, 0.25) is 5.91 Å². The number of hydrogen-bond donors (Lipinski definition) is 0. The fraction of sp³-hybridized carbons (Fsp3) is 0.478. The van der Waals surface area contributed by atoms with E-state index in [-0.39, 0.29) is 11.8 Å². The van der Waals surface area contributed by atoms with Gasteiger partial charge in [0.05, 0.1) is 11.9 Å². The van der Waals surface area contributed by atoms with Gasteiger partial charge in [-0.15, -0.1) is 0 Å². The standard InChI is InChI=1S/C23H30ClN5O2/c1-17(2)16-29(23(31)21-15-25-18(3)14-26-21)8-7-22(30)28-11-9-27(10-12-28)20-6-4-5-19(24)13-20/h4-6,13-15,17H,7-12,16H2,1-3H3. The Morgan fingerprint density at radius 2 is 1.87 bits per heavy atom. The molecular formula is C23H30ClN5O2. The van der Waals surface area contributed by atoms with Gasteiger partial charge in [-0.1, -0.05) is 31.5 Å². The molecule has 0 aliphatic carbocycles. The molecule has 8 heteroatoms. The lowest BCUT2D eigenvalue weighted by atomic mass is 10.2. The molecular weight excluding hydrogens is 414 g/mol. The summed E-state index contributed by atoms with van der Waals surface area (Å²) < 4.78 is 0. The molecule has 0 saturated carbocycles. The highest BCUT2D eigenvalue weighted by molar-refractivity contribution is 6.30. The zero-order valence-electron chi connectivity index (χ0n) is 18.4. The molecule has 0 unspecified atom stereocenters. The van der Waals surface area contributed by atoms with E-state index in [9.17, 15) is 9.59 Å². The molecule has 31 heavy (non-hydrogen) atoms. The molecule has 1 aliphatic heterocycles. The summed E-state index contributed by atoms with van der Waals surface area (Å²) in [6, 6.07) is 7.78. The topological polar surface area (TPSA) is 69.6 Å². The van der Waals surface area contributed by atoms with Crippen molar-refractivity contribution in [3.05, 3.63) is 53.1 Å². The third kappa shape index (κ3) is 6.40. The van der Waals surface area contributed by atoms with Crippen LogP contribution in [0.5, 0.6) is 0 Å². The monoisotopic (exact) mass is 443 g/mol. The number of anilines is 1. The first-order valence-corrected chi connectivity index (χ1v) is 11.1. The molecule has 3 rings (SSSR count). The Hall–Kier alpha value is -2.67. The summed E-state index contributed by atoms with van der Waals surface area (Å²) >= 11 is 6.10. The van der Waals surface area contributed by atoms with Gasteiger partial charge in [-0.2, -0.15) is 0 Å². The number of carbonyl (C=O) groups excluding carboxylic acids is 2. The minimum Gasteiger partial charge on any atom is -0.368 e. The van der Waals surface area contributed by atoms with E-state index in [0.29, 0.717) is 49.2 Å². The highest BCUT2D eigenvalue weighted by Gasteiger charge is 2.24. The van der Waals surface area contributed by atoms with Crippen molar-refractivity contribution >= 4 is 29.1 Å². The van der Waals surface area contributed by atoms with E-state index in [1.165, 1.54) is 6.20 Å². The van der Waals surface area contributed by atoms with Crippen LogP contribution in [-0.2, 0) is 4.79 Å². The first-order chi connectivity index (χ1) is 14.8. The molecule has 2 amide bonds. The summed E-state index contributed by atoms with van der Waals surface area (Å²) in [5.74, 6) is 0.181. The van der Waals surface area contributed by atoms with E-state index in [1.807, 2.05) is 36.1 Å². The Balaban J connectivity index is 1.54. The fourth-order valence-corrected chi connectivity index (χ4v) is 3.84. The predicted octanol–water partition coefficient (Wildman–Crippen LogP) is 3.28. The number of halogens is 1. The van der Waals surface area contributed by atoms with Crippen LogP contribution in [0.15, 0.2) is 36.7 Å². The van der Waals surface area contributed by atoms with Gasteiger partial charge in [-0.3, -0.25) is 14.6 Å². The number of hydrogen-bond acceptors (Lipinski definition) is 5. The van der Waals surface area contributed by atoms with Gasteiger partial charge in [0.25, 0.3) is 5.91 Å². The third-order valence-electron chi connectivity index (χ3n) is 5.27. The van der Waals surface area contributed by atoms with Crippen LogP contribution in [0.1, 0.15) is 36.5 Å². The van der Waals surface area contributed by atoms with Gasteiger partial charge < -0.3 is 14.7 Å². The fourth-order valence-electron chi connectivity index (χ4n) is 3.66. The first-order valence-electron chi connectivity index (χ1n) is 10.7. The maximum atomic E-state index is 12.9. The minimum atomic E-state index is -0.181. The summed E-state index contributed by atoms with van der Waals surface area (Å²) in [5.41, 5.74) is 2.15. The van der Waals surface area contributed by atoms with Crippen molar-refractivity contribution in [2.24, 2.45) is 5.92 Å². The maximum Gasteiger partial charge on any atom is 0.274 e. The summed E-state index contributed by atoms with van der Waals surface area (Å²) in [7, 11) is 0. The molecule has 2 heterocycles. The van der Waals surface area contributed by atoms with Gasteiger partial charge in [0, 0.05) is 62.6 Å². The molecule has 2 aromatic rings. The minimum absolute atomic E-state index is 0.0716. The second kappa shape index (κ2) is 10.6. The Morgan fingerprint density at radius 3 is 2.48 bits per heavy atom. The van der Waals surface area contributed by atoms with E-state index in [2.05, 4.69) is 28.7 Å². The van der Waals surface area contributed by atoms with Gasteiger partial charge in [0.15, 0.2) is 0 Å². The molecule has 1 aliphatic rings. The van der Waals surface area contributed by atoms with Crippen molar-refractivity contribution in [3.8, 4) is 0 Å². The molecule has 0 radical (unpaired) electrons. The lowest BCUT2D eigenvalue weighted by Crippen LogP contribution is -2.49. The van der Waals surface area contributed by atoms with Crippen molar-refractivity contribution in [2.45, 2.75) is 27.2 Å². The van der Waals surface area contributed by atoms with Crippen LogP contribution in [-0.4, -0.2) is 70.9 Å². The second-order valence-corrected chi connectivity index (χ2v) is 8.72. The molecule has 1 aromatic carbocycles. The summed E-state index contributed by atoms with van der Waals surface area (Å²) in [5, 5.41) is 0.712. The normalized spacial score (nSPS) is 14.1. The molecule has 0 spiro atoms. The smallest absolute Gasteiger partial charge is 0.274 e. The van der Waals surface area contributed by atoms with Crippen LogP contribution >= 0.6 is 11.6 Å². The van der Waals surface area contributed by atoms with Crippen molar-refractivity contribution in [1.29, 1.82) is 0 Å². The van der Waals surface area contributed by atoms with Crippen molar-refractivity contribution in [3.63, 3.8) is 0 Å². The number of nitrogens with zero attached hydrogens (tertiary/aromatic N) is 5. The maximum absolute atomic E-state index is 12.9. The van der Waals surface area contributed by atoms with E-state index in [1.54, 1.807) is 11.1 Å². The van der Waals surface area contributed by atoms with E-state index in [0.717, 1.165) is 24.5 Å². The van der Waals surface area contributed by atoms with Gasteiger partial charge >= 0.3 is 0 Å². The van der Waals surface area contributed by atoms with Crippen LogP contribution in [0.2, 0.25) is 5.02 Å². The molecule has 1 fully saturated rings. The van der Waals surface area contributed by atoms with Gasteiger partial charge in [-0.25, -0.2) is 4.98 Å². The number of benzene rings is 1. The summed E-state index contributed by atoms with van der Waals surface area (Å²) in [6.45, 7) is 9.73. The zero-order chi connectivity index (χ0) is 22.4. The SMILES string of the molecule is Cc1cnc(C(=O)N(CCC(=O)N2CCN(c3cccc(Cl)c3)CC2)CC(C)C)cn1. The number of piperazine rings is 1. The summed E-state index contributed by atoms with van der Waals surface area (Å²) in [4.78, 5) is 39.9. The largest absolute Gasteiger partial charge is 0.368 e. The van der Waals surface area contributed by atoms with E-state index in [4.69, 9.17) is 11.6 Å². The van der Waals surface area contributed by atoms with Crippen molar-refractivity contribution < 1.29 is 9.59 Å². The Bertz CT molecular complexity index is 895. The van der Waals surface area contributed by atoms with Crippen LogP contribution in [0.3, 0.4) is 0 Å². The lowest BCUT2D eigenvalue weighted by Gasteiger charge is -2.36. The third-order valence-corrected chi connectivity index (χ3v) is 5.51. The van der Waals surface area contributed by atoms with Crippen LogP contribution in [0, 0.1) is 12.8 Å². The lowest BCUT2D eigenvalue weighted by molar-refractivity contribution is -0.131. The number of carbonyl (C=O) groups is 2. The first kappa shape index (κ1) is 23.0. The average Bonchev–Trinajstić information content (AvgIpc) is 2.76. The quantitative estimate of drug-likeness (QED) is 0.656. The number of rotatable bonds is 7. The number of amides is 2. The van der Waals surface area contributed by atoms with E-state index >= 15 is 0 Å². The van der Waals surface area contributed by atoms with Crippen LogP contribution in [0.25, 0.3) is 0 Å². The highest BCUT2D eigenvalue weighted by Crippen LogP contribution is 2.21. The molecule has 1 aromatic heterocycles. The van der Waals surface area contributed by atoms with Crippen molar-refractivity contribution in [1.82, 2.24) is 19.8 Å². The predicted molar refractivity (Wildman–Crippen MR) is 122 cm³/mol. The Morgan fingerprint density at radius 1 is 1.13 bits per heavy atom. The van der Waals surface area contributed by atoms with Gasteiger partial charge in [0.1, 0.15) is 5.69 Å². The number of aromatic nitrogens is 2. The van der Waals surface area contributed by atoms with Crippen molar-refractivity contribution in [2.75, 3.05) is 44.2 Å². The van der Waals surface area contributed by atoms with Gasteiger partial charge in [-0.05, 0) is 31.0 Å². The van der Waals surface area contributed by atoms with Crippen LogP contribution in [0.4, 0.5) is 5.69 Å². The molecule has 1 saturated heterocycles. The molecule has 0 atom stereocenters.